The van der Waals surface area contributed by atoms with Crippen molar-refractivity contribution in [3.63, 3.8) is 0 Å². The minimum absolute atomic E-state index is 0.0536. The van der Waals surface area contributed by atoms with Gasteiger partial charge in [0, 0.05) is 17.9 Å². The van der Waals surface area contributed by atoms with Crippen LogP contribution in [0.2, 0.25) is 10.0 Å². The average molecular weight is 353 g/mol. The maximum absolute atomic E-state index is 12.1. The average Bonchev–Trinajstić information content (AvgIpc) is 2.32. The molecule has 1 rings (SSSR count). The lowest BCUT2D eigenvalue weighted by molar-refractivity contribution is -0.133. The van der Waals surface area contributed by atoms with Crippen LogP contribution in [-0.2, 0) is 11.2 Å². The summed E-state index contributed by atoms with van der Waals surface area (Å²) in [4.78, 5) is 13.9. The number of carbonyl (C=O) groups excluding carboxylic acids is 1. The first-order valence-corrected chi connectivity index (χ1v) is 7.42. The van der Waals surface area contributed by atoms with E-state index in [-0.39, 0.29) is 11.4 Å². The SMILES string of the molecule is CN(C(=O)Cc1ccc(Cl)c(Cl)c1)C(C)(C)CBr. The molecule has 1 amide bonds. The van der Waals surface area contributed by atoms with Crippen molar-refractivity contribution in [3.05, 3.63) is 33.8 Å². The van der Waals surface area contributed by atoms with E-state index in [1.165, 1.54) is 0 Å². The summed E-state index contributed by atoms with van der Waals surface area (Å²) in [5, 5.41) is 1.70. The Kier molecular flexibility index (Phi) is 5.50. The first-order chi connectivity index (χ1) is 8.27. The lowest BCUT2D eigenvalue weighted by Crippen LogP contribution is -2.46. The molecule has 0 aliphatic heterocycles. The maximum Gasteiger partial charge on any atom is 0.227 e. The molecule has 1 aromatic rings. The van der Waals surface area contributed by atoms with E-state index in [0.717, 1.165) is 10.9 Å². The van der Waals surface area contributed by atoms with Crippen LogP contribution >= 0.6 is 39.1 Å². The summed E-state index contributed by atoms with van der Waals surface area (Å²) in [6, 6.07) is 5.26. The van der Waals surface area contributed by atoms with Gasteiger partial charge in [-0.2, -0.15) is 0 Å². The van der Waals surface area contributed by atoms with E-state index in [1.807, 2.05) is 19.9 Å². The van der Waals surface area contributed by atoms with E-state index in [1.54, 1.807) is 24.1 Å². The van der Waals surface area contributed by atoms with Gasteiger partial charge in [-0.1, -0.05) is 45.2 Å². The molecule has 18 heavy (non-hydrogen) atoms. The number of alkyl halides is 1. The summed E-state index contributed by atoms with van der Waals surface area (Å²) in [6.07, 6.45) is 0.323. The minimum Gasteiger partial charge on any atom is -0.340 e. The van der Waals surface area contributed by atoms with Crippen LogP contribution < -0.4 is 0 Å². The number of carbonyl (C=O) groups is 1. The molecule has 0 aliphatic carbocycles. The van der Waals surface area contributed by atoms with Crippen LogP contribution in [0.25, 0.3) is 0 Å². The predicted octanol–water partition coefficient (Wildman–Crippen LogP) is 4.17. The number of rotatable bonds is 4. The zero-order valence-corrected chi connectivity index (χ0v) is 13.7. The summed E-state index contributed by atoms with van der Waals surface area (Å²) in [5.74, 6) is 0.0536. The fourth-order valence-electron chi connectivity index (χ4n) is 1.37. The molecule has 1 aromatic carbocycles. The molecular weight excluding hydrogens is 337 g/mol. The van der Waals surface area contributed by atoms with E-state index in [4.69, 9.17) is 23.2 Å². The van der Waals surface area contributed by atoms with Crippen molar-refractivity contribution in [3.8, 4) is 0 Å². The third kappa shape index (κ3) is 3.87. The molecule has 0 aromatic heterocycles. The third-order valence-corrected chi connectivity index (χ3v) is 5.06. The lowest BCUT2D eigenvalue weighted by atomic mass is 10.0. The van der Waals surface area contributed by atoms with Gasteiger partial charge in [-0.15, -0.1) is 0 Å². The number of nitrogens with zero attached hydrogens (tertiary/aromatic N) is 1. The van der Waals surface area contributed by atoms with Crippen LogP contribution in [0.4, 0.5) is 0 Å². The Morgan fingerprint density at radius 1 is 1.33 bits per heavy atom. The van der Waals surface area contributed by atoms with Crippen molar-refractivity contribution in [2.75, 3.05) is 12.4 Å². The van der Waals surface area contributed by atoms with Gasteiger partial charge < -0.3 is 4.90 Å². The molecule has 2 nitrogen and oxygen atoms in total. The molecule has 0 bridgehead atoms. The minimum atomic E-state index is -0.215. The highest BCUT2D eigenvalue weighted by atomic mass is 79.9. The quantitative estimate of drug-likeness (QED) is 0.745. The van der Waals surface area contributed by atoms with Gasteiger partial charge in [0.05, 0.1) is 16.5 Å². The Morgan fingerprint density at radius 3 is 2.44 bits per heavy atom. The molecule has 0 spiro atoms. The second kappa shape index (κ2) is 6.27. The molecule has 0 aliphatic rings. The van der Waals surface area contributed by atoms with E-state index in [9.17, 15) is 4.79 Å². The van der Waals surface area contributed by atoms with Crippen molar-refractivity contribution in [2.24, 2.45) is 0 Å². The molecule has 0 fully saturated rings. The number of hydrogen-bond donors (Lipinski definition) is 0. The molecule has 0 atom stereocenters. The van der Waals surface area contributed by atoms with Crippen molar-refractivity contribution in [1.82, 2.24) is 4.90 Å². The van der Waals surface area contributed by atoms with Gasteiger partial charge in [-0.05, 0) is 31.5 Å². The van der Waals surface area contributed by atoms with E-state index in [2.05, 4.69) is 15.9 Å². The van der Waals surface area contributed by atoms with Crippen LogP contribution in [0.3, 0.4) is 0 Å². The van der Waals surface area contributed by atoms with Crippen molar-refractivity contribution < 1.29 is 4.79 Å². The maximum atomic E-state index is 12.1. The highest BCUT2D eigenvalue weighted by Gasteiger charge is 2.26. The molecule has 0 unspecified atom stereocenters. The second-order valence-corrected chi connectivity index (χ2v) is 6.20. The van der Waals surface area contributed by atoms with Crippen LogP contribution in [0.1, 0.15) is 19.4 Å². The first kappa shape index (κ1) is 15.8. The standard InChI is InChI=1S/C13H16BrCl2NO/c1-13(2,8-14)17(3)12(18)7-9-4-5-10(15)11(16)6-9/h4-6H,7-8H2,1-3H3. The van der Waals surface area contributed by atoms with Crippen LogP contribution in [0, 0.1) is 0 Å². The van der Waals surface area contributed by atoms with Gasteiger partial charge in [0.25, 0.3) is 0 Å². The highest BCUT2D eigenvalue weighted by Crippen LogP contribution is 2.23. The van der Waals surface area contributed by atoms with Gasteiger partial charge >= 0.3 is 0 Å². The Hall–Kier alpha value is -0.250. The molecule has 0 radical (unpaired) electrons. The number of amides is 1. The number of hydrogen-bond acceptors (Lipinski definition) is 1. The molecule has 0 saturated heterocycles. The molecule has 5 heteroatoms. The largest absolute Gasteiger partial charge is 0.340 e. The highest BCUT2D eigenvalue weighted by molar-refractivity contribution is 9.09. The monoisotopic (exact) mass is 351 g/mol. The Labute approximate surface area is 126 Å². The Bertz CT molecular complexity index is 449. The number of halogens is 3. The second-order valence-electron chi connectivity index (χ2n) is 4.82. The molecular formula is C13H16BrCl2NO. The van der Waals surface area contributed by atoms with Crippen LogP contribution in [0.15, 0.2) is 18.2 Å². The summed E-state index contributed by atoms with van der Waals surface area (Å²) in [6.45, 7) is 4.02. The van der Waals surface area contributed by atoms with Gasteiger partial charge in [0.2, 0.25) is 5.91 Å². The van der Waals surface area contributed by atoms with Crippen LogP contribution in [-0.4, -0.2) is 28.7 Å². The summed E-state index contributed by atoms with van der Waals surface area (Å²) in [5.41, 5.74) is 0.652. The molecule has 0 saturated carbocycles. The van der Waals surface area contributed by atoms with Gasteiger partial charge in [0.15, 0.2) is 0 Å². The summed E-state index contributed by atoms with van der Waals surface area (Å²) >= 11 is 15.2. The van der Waals surface area contributed by atoms with Crippen molar-refractivity contribution >= 4 is 45.0 Å². The van der Waals surface area contributed by atoms with Gasteiger partial charge in [-0.3, -0.25) is 4.79 Å². The normalized spacial score (nSPS) is 11.4. The topological polar surface area (TPSA) is 20.3 Å². The van der Waals surface area contributed by atoms with Crippen LogP contribution in [0.5, 0.6) is 0 Å². The fraction of sp³-hybridized carbons (Fsp3) is 0.462. The van der Waals surface area contributed by atoms with E-state index >= 15 is 0 Å². The molecule has 0 heterocycles. The number of likely N-dealkylation sites (N-methyl/N-ethyl adjacent to an activating group) is 1. The van der Waals surface area contributed by atoms with Crippen molar-refractivity contribution in [2.45, 2.75) is 25.8 Å². The first-order valence-electron chi connectivity index (χ1n) is 5.54. The zero-order chi connectivity index (χ0) is 13.9. The smallest absolute Gasteiger partial charge is 0.227 e. The van der Waals surface area contributed by atoms with Gasteiger partial charge in [-0.25, -0.2) is 0 Å². The predicted molar refractivity (Wildman–Crippen MR) is 80.8 cm³/mol. The summed E-state index contributed by atoms with van der Waals surface area (Å²) in [7, 11) is 1.81. The Balaban J connectivity index is 2.78. The lowest BCUT2D eigenvalue weighted by Gasteiger charge is -2.34. The fourth-order valence-corrected chi connectivity index (χ4v) is 2.07. The molecule has 100 valence electrons. The van der Waals surface area contributed by atoms with Gasteiger partial charge in [0.1, 0.15) is 0 Å². The summed E-state index contributed by atoms with van der Waals surface area (Å²) < 4.78 is 0. The number of benzene rings is 1. The Morgan fingerprint density at radius 2 is 1.94 bits per heavy atom. The van der Waals surface area contributed by atoms with Crippen molar-refractivity contribution in [1.29, 1.82) is 0 Å². The third-order valence-electron chi connectivity index (χ3n) is 2.95. The van der Waals surface area contributed by atoms with E-state index in [0.29, 0.717) is 16.5 Å². The van der Waals surface area contributed by atoms with E-state index < -0.39 is 0 Å². The molecule has 0 N–H and O–H groups in total. The zero-order valence-electron chi connectivity index (χ0n) is 10.6.